The molecule has 1 aliphatic rings. The average molecular weight is 207 g/mol. The quantitative estimate of drug-likeness (QED) is 0.695. The van der Waals surface area contributed by atoms with E-state index in [0.29, 0.717) is 11.5 Å². The van der Waals surface area contributed by atoms with Crippen molar-refractivity contribution in [2.24, 2.45) is 4.99 Å². The van der Waals surface area contributed by atoms with Gasteiger partial charge in [0.2, 0.25) is 0 Å². The van der Waals surface area contributed by atoms with Crippen molar-refractivity contribution < 1.29 is 13.9 Å². The SMILES string of the molecule is CC(C)(C)OC(=O)[C@@H]1N=C1c1ccco1. The topological polar surface area (TPSA) is 51.8 Å². The minimum Gasteiger partial charge on any atom is -0.463 e. The smallest absolute Gasteiger partial charge is 0.337 e. The average Bonchev–Trinajstić information content (AvgIpc) is 2.71. The van der Waals surface area contributed by atoms with Crippen LogP contribution in [0.2, 0.25) is 0 Å². The molecule has 0 bridgehead atoms. The maximum Gasteiger partial charge on any atom is 0.337 e. The van der Waals surface area contributed by atoms with Crippen molar-refractivity contribution in [3.63, 3.8) is 0 Å². The third-order valence-electron chi connectivity index (χ3n) is 1.86. The van der Waals surface area contributed by atoms with Crippen molar-refractivity contribution >= 4 is 11.7 Å². The third-order valence-corrected chi connectivity index (χ3v) is 1.86. The molecule has 80 valence electrons. The van der Waals surface area contributed by atoms with E-state index in [2.05, 4.69) is 4.99 Å². The normalized spacial score (nSPS) is 19.7. The number of ether oxygens (including phenoxy) is 1. The number of furan rings is 1. The summed E-state index contributed by atoms with van der Waals surface area (Å²) in [4.78, 5) is 15.6. The monoisotopic (exact) mass is 207 g/mol. The molecule has 1 atom stereocenters. The molecule has 2 heterocycles. The largest absolute Gasteiger partial charge is 0.463 e. The standard InChI is InChI=1S/C11H13NO3/c1-11(2,3)15-10(13)9-8(12-9)7-5-4-6-14-7/h4-6,9H,1-3H3/t9-/m1/s1. The van der Waals surface area contributed by atoms with Crippen LogP contribution >= 0.6 is 0 Å². The predicted octanol–water partition coefficient (Wildman–Crippen LogP) is 1.79. The maximum atomic E-state index is 11.5. The van der Waals surface area contributed by atoms with Crippen LogP contribution in [-0.2, 0) is 9.53 Å². The molecule has 15 heavy (non-hydrogen) atoms. The summed E-state index contributed by atoms with van der Waals surface area (Å²) in [5, 5.41) is 0. The summed E-state index contributed by atoms with van der Waals surface area (Å²) in [6.45, 7) is 5.50. The molecule has 4 heteroatoms. The first-order valence-electron chi connectivity index (χ1n) is 4.82. The van der Waals surface area contributed by atoms with Crippen molar-refractivity contribution in [3.8, 4) is 0 Å². The lowest BCUT2D eigenvalue weighted by atomic mass is 10.2. The van der Waals surface area contributed by atoms with E-state index >= 15 is 0 Å². The first-order valence-corrected chi connectivity index (χ1v) is 4.82. The number of nitrogens with zero attached hydrogens (tertiary/aromatic N) is 1. The summed E-state index contributed by atoms with van der Waals surface area (Å²) >= 11 is 0. The van der Waals surface area contributed by atoms with Gasteiger partial charge in [0.1, 0.15) is 11.3 Å². The molecule has 0 saturated heterocycles. The number of esters is 1. The van der Waals surface area contributed by atoms with Crippen molar-refractivity contribution in [3.05, 3.63) is 24.2 Å². The number of rotatable bonds is 2. The summed E-state index contributed by atoms with van der Waals surface area (Å²) in [6.07, 6.45) is 1.56. The van der Waals surface area contributed by atoms with Gasteiger partial charge in [0, 0.05) is 0 Å². The van der Waals surface area contributed by atoms with Gasteiger partial charge in [0.15, 0.2) is 11.8 Å². The molecule has 0 fully saturated rings. The Kier molecular flexibility index (Phi) is 2.14. The number of hydrogen-bond donors (Lipinski definition) is 0. The van der Waals surface area contributed by atoms with Gasteiger partial charge in [-0.25, -0.2) is 4.79 Å². The first-order chi connectivity index (χ1) is 6.97. The van der Waals surface area contributed by atoms with Gasteiger partial charge >= 0.3 is 5.97 Å². The fourth-order valence-electron chi connectivity index (χ4n) is 1.25. The number of carbonyl (C=O) groups is 1. The van der Waals surface area contributed by atoms with E-state index in [1.54, 1.807) is 18.4 Å². The van der Waals surface area contributed by atoms with Gasteiger partial charge in [-0.05, 0) is 32.9 Å². The first kappa shape index (κ1) is 9.96. The summed E-state index contributed by atoms with van der Waals surface area (Å²) < 4.78 is 10.3. The second-order valence-corrected chi connectivity index (χ2v) is 4.43. The molecule has 0 amide bonds. The highest BCUT2D eigenvalue weighted by Gasteiger charge is 2.40. The van der Waals surface area contributed by atoms with E-state index in [0.717, 1.165) is 0 Å². The third kappa shape index (κ3) is 2.26. The molecule has 1 aromatic heterocycles. The van der Waals surface area contributed by atoms with Gasteiger partial charge in [-0.3, -0.25) is 4.99 Å². The number of hydrogen-bond acceptors (Lipinski definition) is 4. The van der Waals surface area contributed by atoms with Gasteiger partial charge < -0.3 is 9.15 Å². The van der Waals surface area contributed by atoms with Gasteiger partial charge in [-0.1, -0.05) is 0 Å². The van der Waals surface area contributed by atoms with Crippen LogP contribution in [0.5, 0.6) is 0 Å². The number of aliphatic imine (C=N–C) groups is 1. The molecule has 0 N–H and O–H groups in total. The van der Waals surface area contributed by atoms with Crippen LogP contribution in [0.25, 0.3) is 0 Å². The van der Waals surface area contributed by atoms with Gasteiger partial charge in [0.05, 0.1) is 6.26 Å². The fraction of sp³-hybridized carbons (Fsp3) is 0.455. The Bertz CT molecular complexity index is 398. The van der Waals surface area contributed by atoms with Crippen molar-refractivity contribution in [2.45, 2.75) is 32.4 Å². The Hall–Kier alpha value is -1.58. The lowest BCUT2D eigenvalue weighted by Gasteiger charge is -2.18. The van der Waals surface area contributed by atoms with Crippen molar-refractivity contribution in [2.75, 3.05) is 0 Å². The minimum absolute atomic E-state index is 0.311. The van der Waals surface area contributed by atoms with Crippen LogP contribution in [0.4, 0.5) is 0 Å². The predicted molar refractivity (Wildman–Crippen MR) is 54.9 cm³/mol. The molecular weight excluding hydrogens is 194 g/mol. The summed E-state index contributed by atoms with van der Waals surface area (Å²) in [5.41, 5.74) is 0.206. The second-order valence-electron chi connectivity index (χ2n) is 4.43. The minimum atomic E-state index is -0.469. The molecule has 1 aromatic rings. The molecule has 0 radical (unpaired) electrons. The molecule has 0 aliphatic carbocycles. The highest BCUT2D eigenvalue weighted by atomic mass is 16.6. The molecule has 0 spiro atoms. The van der Waals surface area contributed by atoms with E-state index in [9.17, 15) is 4.79 Å². The van der Waals surface area contributed by atoms with Crippen LogP contribution < -0.4 is 0 Å². The molecular formula is C11H13NO3. The van der Waals surface area contributed by atoms with Crippen molar-refractivity contribution in [1.29, 1.82) is 0 Å². The van der Waals surface area contributed by atoms with E-state index in [4.69, 9.17) is 9.15 Å². The van der Waals surface area contributed by atoms with E-state index in [1.807, 2.05) is 20.8 Å². The Balaban J connectivity index is 1.93. The summed E-state index contributed by atoms with van der Waals surface area (Å²) in [5.74, 6) is 0.333. The van der Waals surface area contributed by atoms with Gasteiger partial charge in [0.25, 0.3) is 0 Å². The highest BCUT2D eigenvalue weighted by Crippen LogP contribution is 2.23. The molecule has 0 unspecified atom stereocenters. The van der Waals surface area contributed by atoms with Gasteiger partial charge in [-0.2, -0.15) is 0 Å². The van der Waals surface area contributed by atoms with Crippen molar-refractivity contribution in [1.82, 2.24) is 0 Å². The Labute approximate surface area is 87.9 Å². The van der Waals surface area contributed by atoms with Crippen LogP contribution in [0.1, 0.15) is 26.5 Å². The fourth-order valence-corrected chi connectivity index (χ4v) is 1.25. The van der Waals surface area contributed by atoms with Crippen LogP contribution in [-0.4, -0.2) is 23.3 Å². The molecule has 2 rings (SSSR count). The molecule has 0 aromatic carbocycles. The zero-order valence-electron chi connectivity index (χ0n) is 8.98. The molecule has 0 saturated carbocycles. The van der Waals surface area contributed by atoms with E-state index in [-0.39, 0.29) is 5.97 Å². The second kappa shape index (κ2) is 3.22. The Morgan fingerprint density at radius 1 is 1.53 bits per heavy atom. The zero-order chi connectivity index (χ0) is 11.1. The lowest BCUT2D eigenvalue weighted by Crippen LogP contribution is -2.28. The molecule has 1 aliphatic heterocycles. The molecule has 4 nitrogen and oxygen atoms in total. The van der Waals surface area contributed by atoms with Gasteiger partial charge in [-0.15, -0.1) is 0 Å². The maximum absolute atomic E-state index is 11.5. The summed E-state index contributed by atoms with van der Waals surface area (Å²) in [7, 11) is 0. The zero-order valence-corrected chi connectivity index (χ0v) is 8.98. The van der Waals surface area contributed by atoms with E-state index in [1.165, 1.54) is 0 Å². The summed E-state index contributed by atoms with van der Waals surface area (Å²) in [6, 6.07) is 3.08. The van der Waals surface area contributed by atoms with E-state index < -0.39 is 11.6 Å². The highest BCUT2D eigenvalue weighted by molar-refractivity contribution is 6.23. The van der Waals surface area contributed by atoms with Crippen LogP contribution in [0.15, 0.2) is 27.8 Å². The Morgan fingerprint density at radius 2 is 2.27 bits per heavy atom. The number of carbonyl (C=O) groups excluding carboxylic acids is 1. The Morgan fingerprint density at radius 3 is 2.80 bits per heavy atom. The van der Waals surface area contributed by atoms with Crippen LogP contribution in [0.3, 0.4) is 0 Å². The van der Waals surface area contributed by atoms with Crippen LogP contribution in [0, 0.1) is 0 Å². The lowest BCUT2D eigenvalue weighted by molar-refractivity contribution is -0.153.